The van der Waals surface area contributed by atoms with Crippen LogP contribution in [-0.2, 0) is 0 Å². The summed E-state index contributed by atoms with van der Waals surface area (Å²) in [6, 6.07) is 6.85. The molecule has 0 aliphatic carbocycles. The van der Waals surface area contributed by atoms with Crippen molar-refractivity contribution in [2.45, 2.75) is 39.3 Å². The molecule has 0 saturated carbocycles. The zero-order valence-electron chi connectivity index (χ0n) is 13.8. The van der Waals surface area contributed by atoms with Gasteiger partial charge in [-0.2, -0.15) is 0 Å². The Balaban J connectivity index is 2.24. The van der Waals surface area contributed by atoms with Gasteiger partial charge in [0.25, 0.3) is 0 Å². The summed E-state index contributed by atoms with van der Waals surface area (Å²) in [7, 11) is 1.72. The summed E-state index contributed by atoms with van der Waals surface area (Å²) in [5.74, 6) is 0.897. The van der Waals surface area contributed by atoms with Crippen molar-refractivity contribution in [3.63, 3.8) is 0 Å². The SMILES string of the molecule is CCN(CC)C1CCN(c2cccc(OC)c2C(C)N)C1. The van der Waals surface area contributed by atoms with Crippen molar-refractivity contribution in [2.75, 3.05) is 38.2 Å². The van der Waals surface area contributed by atoms with Crippen LogP contribution in [0.2, 0.25) is 0 Å². The van der Waals surface area contributed by atoms with E-state index in [9.17, 15) is 0 Å². The van der Waals surface area contributed by atoms with Gasteiger partial charge >= 0.3 is 0 Å². The number of ether oxygens (including phenoxy) is 1. The molecule has 2 rings (SSSR count). The molecule has 21 heavy (non-hydrogen) atoms. The van der Waals surface area contributed by atoms with Gasteiger partial charge in [0.1, 0.15) is 5.75 Å². The Morgan fingerprint density at radius 1 is 1.38 bits per heavy atom. The largest absolute Gasteiger partial charge is 0.496 e. The summed E-state index contributed by atoms with van der Waals surface area (Å²) < 4.78 is 5.51. The lowest BCUT2D eigenvalue weighted by molar-refractivity contribution is 0.232. The Bertz CT molecular complexity index is 457. The van der Waals surface area contributed by atoms with E-state index in [0.717, 1.165) is 37.5 Å². The summed E-state index contributed by atoms with van der Waals surface area (Å²) >= 11 is 0. The maximum atomic E-state index is 6.19. The van der Waals surface area contributed by atoms with Gasteiger partial charge < -0.3 is 15.4 Å². The molecule has 0 bridgehead atoms. The van der Waals surface area contributed by atoms with Gasteiger partial charge in [-0.05, 0) is 38.6 Å². The van der Waals surface area contributed by atoms with Crippen molar-refractivity contribution < 1.29 is 4.74 Å². The summed E-state index contributed by atoms with van der Waals surface area (Å²) in [6.07, 6.45) is 1.22. The van der Waals surface area contributed by atoms with E-state index in [-0.39, 0.29) is 6.04 Å². The molecule has 1 aromatic rings. The highest BCUT2D eigenvalue weighted by atomic mass is 16.5. The highest BCUT2D eigenvalue weighted by Crippen LogP contribution is 2.35. The number of hydrogen-bond donors (Lipinski definition) is 1. The first kappa shape index (κ1) is 16.1. The van der Waals surface area contributed by atoms with Crippen LogP contribution in [0.15, 0.2) is 18.2 Å². The van der Waals surface area contributed by atoms with E-state index in [2.05, 4.69) is 35.8 Å². The van der Waals surface area contributed by atoms with Crippen LogP contribution in [0.5, 0.6) is 5.75 Å². The standard InChI is InChI=1S/C17H29N3O/c1-5-19(6-2)14-10-11-20(12-14)15-8-7-9-16(21-4)17(15)13(3)18/h7-9,13-14H,5-6,10-12,18H2,1-4H3. The monoisotopic (exact) mass is 291 g/mol. The van der Waals surface area contributed by atoms with E-state index in [0.29, 0.717) is 6.04 Å². The van der Waals surface area contributed by atoms with E-state index >= 15 is 0 Å². The fourth-order valence-corrected chi connectivity index (χ4v) is 3.44. The molecule has 2 atom stereocenters. The smallest absolute Gasteiger partial charge is 0.125 e. The average Bonchev–Trinajstić information content (AvgIpc) is 2.97. The van der Waals surface area contributed by atoms with Gasteiger partial charge in [-0.15, -0.1) is 0 Å². The number of hydrogen-bond acceptors (Lipinski definition) is 4. The van der Waals surface area contributed by atoms with Gasteiger partial charge in [0.05, 0.1) is 7.11 Å². The number of benzene rings is 1. The molecule has 0 spiro atoms. The highest BCUT2D eigenvalue weighted by Gasteiger charge is 2.28. The topological polar surface area (TPSA) is 41.7 Å². The lowest BCUT2D eigenvalue weighted by atomic mass is 10.0. The fraction of sp³-hybridized carbons (Fsp3) is 0.647. The van der Waals surface area contributed by atoms with E-state index < -0.39 is 0 Å². The van der Waals surface area contributed by atoms with Gasteiger partial charge in [-0.25, -0.2) is 0 Å². The number of anilines is 1. The maximum Gasteiger partial charge on any atom is 0.125 e. The molecule has 0 amide bonds. The molecule has 1 heterocycles. The molecule has 1 aromatic carbocycles. The summed E-state index contributed by atoms with van der Waals surface area (Å²) in [6.45, 7) is 10.9. The van der Waals surface area contributed by atoms with Crippen LogP contribution in [0.3, 0.4) is 0 Å². The minimum Gasteiger partial charge on any atom is -0.496 e. The lowest BCUT2D eigenvalue weighted by Gasteiger charge is -2.28. The molecule has 0 radical (unpaired) electrons. The van der Waals surface area contributed by atoms with Crippen molar-refractivity contribution in [3.05, 3.63) is 23.8 Å². The van der Waals surface area contributed by atoms with Gasteiger partial charge in [-0.1, -0.05) is 19.9 Å². The lowest BCUT2D eigenvalue weighted by Crippen LogP contribution is -2.37. The Morgan fingerprint density at radius 3 is 2.67 bits per heavy atom. The maximum absolute atomic E-state index is 6.19. The molecule has 4 nitrogen and oxygen atoms in total. The molecule has 4 heteroatoms. The predicted molar refractivity (Wildman–Crippen MR) is 89.1 cm³/mol. The molecule has 1 saturated heterocycles. The first-order valence-electron chi connectivity index (χ1n) is 8.03. The molecule has 1 fully saturated rings. The normalized spacial score (nSPS) is 20.1. The van der Waals surface area contributed by atoms with Crippen LogP contribution >= 0.6 is 0 Å². The summed E-state index contributed by atoms with van der Waals surface area (Å²) in [5, 5.41) is 0. The number of nitrogens with two attached hydrogens (primary N) is 1. The van der Waals surface area contributed by atoms with Crippen LogP contribution in [0.25, 0.3) is 0 Å². The molecule has 0 aromatic heterocycles. The van der Waals surface area contributed by atoms with Gasteiger partial charge in [0, 0.05) is 36.4 Å². The number of rotatable bonds is 6. The molecule has 2 unspecified atom stereocenters. The second kappa shape index (κ2) is 7.14. The fourth-order valence-electron chi connectivity index (χ4n) is 3.44. The van der Waals surface area contributed by atoms with Crippen LogP contribution < -0.4 is 15.4 Å². The zero-order chi connectivity index (χ0) is 15.4. The molecule has 1 aliphatic heterocycles. The third kappa shape index (κ3) is 3.33. The van der Waals surface area contributed by atoms with Crippen LogP contribution in [0, 0.1) is 0 Å². The van der Waals surface area contributed by atoms with Crippen LogP contribution in [0.4, 0.5) is 5.69 Å². The Hall–Kier alpha value is -1.26. The number of nitrogens with zero attached hydrogens (tertiary/aromatic N) is 2. The second-order valence-electron chi connectivity index (χ2n) is 5.79. The molecular weight excluding hydrogens is 262 g/mol. The Labute approximate surface area is 128 Å². The third-order valence-electron chi connectivity index (χ3n) is 4.55. The third-order valence-corrected chi connectivity index (χ3v) is 4.55. The molecule has 1 aliphatic rings. The van der Waals surface area contributed by atoms with Crippen LogP contribution in [-0.4, -0.2) is 44.2 Å². The van der Waals surface area contributed by atoms with Gasteiger partial charge in [0.15, 0.2) is 0 Å². The van der Waals surface area contributed by atoms with Gasteiger partial charge in [-0.3, -0.25) is 4.90 Å². The minimum atomic E-state index is -0.0244. The van der Waals surface area contributed by atoms with Crippen molar-refractivity contribution in [3.8, 4) is 5.75 Å². The van der Waals surface area contributed by atoms with Crippen molar-refractivity contribution >= 4 is 5.69 Å². The first-order valence-corrected chi connectivity index (χ1v) is 8.03. The quantitative estimate of drug-likeness (QED) is 0.875. The van der Waals surface area contributed by atoms with E-state index in [1.807, 2.05) is 13.0 Å². The van der Waals surface area contributed by atoms with Crippen LogP contribution in [0.1, 0.15) is 38.8 Å². The van der Waals surface area contributed by atoms with Crippen molar-refractivity contribution in [1.29, 1.82) is 0 Å². The second-order valence-corrected chi connectivity index (χ2v) is 5.79. The predicted octanol–water partition coefficient (Wildman–Crippen LogP) is 2.64. The van der Waals surface area contributed by atoms with Crippen molar-refractivity contribution in [2.24, 2.45) is 5.73 Å². The van der Waals surface area contributed by atoms with Gasteiger partial charge in [0.2, 0.25) is 0 Å². The van der Waals surface area contributed by atoms with E-state index in [1.54, 1.807) is 7.11 Å². The zero-order valence-corrected chi connectivity index (χ0v) is 13.8. The number of methoxy groups -OCH3 is 1. The molecular formula is C17H29N3O. The van der Waals surface area contributed by atoms with E-state index in [4.69, 9.17) is 10.5 Å². The minimum absolute atomic E-state index is 0.0244. The first-order chi connectivity index (χ1) is 10.1. The summed E-state index contributed by atoms with van der Waals surface area (Å²) in [4.78, 5) is 5.01. The van der Waals surface area contributed by atoms with Crippen molar-refractivity contribution in [1.82, 2.24) is 4.90 Å². The molecule has 2 N–H and O–H groups in total. The molecule has 118 valence electrons. The highest BCUT2D eigenvalue weighted by molar-refractivity contribution is 5.61. The Kier molecular flexibility index (Phi) is 5.48. The number of likely N-dealkylation sites (N-methyl/N-ethyl adjacent to an activating group) is 1. The average molecular weight is 291 g/mol. The Morgan fingerprint density at radius 2 is 2.10 bits per heavy atom. The summed E-state index contributed by atoms with van der Waals surface area (Å²) in [5.41, 5.74) is 8.55. The van der Waals surface area contributed by atoms with E-state index in [1.165, 1.54) is 12.1 Å².